The minimum absolute atomic E-state index is 0.894. The van der Waals surface area contributed by atoms with Gasteiger partial charge in [-0.25, -0.2) is 9.59 Å². The summed E-state index contributed by atoms with van der Waals surface area (Å²) in [7, 11) is 1.68. The molecule has 0 aliphatic heterocycles. The first kappa shape index (κ1) is 18.0. The lowest BCUT2D eigenvalue weighted by molar-refractivity contribution is -0.159. The van der Waals surface area contributed by atoms with E-state index in [0.29, 0.717) is 0 Å². The van der Waals surface area contributed by atoms with Gasteiger partial charge in [-0.15, -0.1) is 0 Å². The topological polar surface area (TPSA) is 83.8 Å². The van der Waals surface area contributed by atoms with Crippen LogP contribution in [-0.2, 0) is 16.0 Å². The number of hydrogen-bond donors (Lipinski definition) is 2. The zero-order valence-corrected chi connectivity index (χ0v) is 12.7. The van der Waals surface area contributed by atoms with Crippen molar-refractivity contribution in [3.05, 3.63) is 71.8 Å². The van der Waals surface area contributed by atoms with Crippen LogP contribution in [0.3, 0.4) is 0 Å². The van der Waals surface area contributed by atoms with Crippen LogP contribution in [0.25, 0.3) is 6.08 Å². The SMILES string of the molecule is COc1ccc(C=CCc2ccccc2)cc1.O=C(O)C(=O)O. The van der Waals surface area contributed by atoms with Gasteiger partial charge in [-0.1, -0.05) is 54.6 Å². The van der Waals surface area contributed by atoms with Gasteiger partial charge in [-0.3, -0.25) is 0 Å². The third kappa shape index (κ3) is 7.47. The number of carboxylic acids is 2. The minimum atomic E-state index is -1.82. The molecule has 0 heterocycles. The molecule has 0 fully saturated rings. The molecule has 2 aromatic carbocycles. The van der Waals surface area contributed by atoms with Crippen molar-refractivity contribution in [2.75, 3.05) is 7.11 Å². The maximum atomic E-state index is 9.10. The Morgan fingerprint density at radius 3 is 2.00 bits per heavy atom. The zero-order chi connectivity index (χ0) is 17.1. The predicted molar refractivity (Wildman–Crippen MR) is 87.4 cm³/mol. The maximum Gasteiger partial charge on any atom is 0.414 e. The van der Waals surface area contributed by atoms with E-state index in [4.69, 9.17) is 24.5 Å². The van der Waals surface area contributed by atoms with Crippen molar-refractivity contribution in [2.24, 2.45) is 0 Å². The van der Waals surface area contributed by atoms with Crippen LogP contribution >= 0.6 is 0 Å². The average molecular weight is 314 g/mol. The average Bonchev–Trinajstić information content (AvgIpc) is 2.57. The second-order valence-corrected chi connectivity index (χ2v) is 4.48. The van der Waals surface area contributed by atoms with Crippen LogP contribution in [-0.4, -0.2) is 29.3 Å². The molecular weight excluding hydrogens is 296 g/mol. The van der Waals surface area contributed by atoms with E-state index in [-0.39, 0.29) is 0 Å². The number of ether oxygens (including phenoxy) is 1. The monoisotopic (exact) mass is 314 g/mol. The molecule has 5 nitrogen and oxygen atoms in total. The third-order valence-electron chi connectivity index (χ3n) is 2.81. The van der Waals surface area contributed by atoms with Crippen molar-refractivity contribution in [1.82, 2.24) is 0 Å². The molecule has 0 spiro atoms. The molecule has 120 valence electrons. The molecule has 0 unspecified atom stereocenters. The molecule has 0 saturated carbocycles. The molecule has 23 heavy (non-hydrogen) atoms. The van der Waals surface area contributed by atoms with Gasteiger partial charge in [0, 0.05) is 0 Å². The fourth-order valence-electron chi connectivity index (χ4n) is 1.66. The first-order chi connectivity index (χ1) is 11.0. The number of allylic oxidation sites excluding steroid dienone is 1. The zero-order valence-electron chi connectivity index (χ0n) is 12.7. The van der Waals surface area contributed by atoms with Gasteiger partial charge in [0.1, 0.15) is 5.75 Å². The summed E-state index contributed by atoms with van der Waals surface area (Å²) in [6.07, 6.45) is 5.27. The summed E-state index contributed by atoms with van der Waals surface area (Å²) in [5.41, 5.74) is 2.53. The predicted octanol–water partition coefficient (Wildman–Crippen LogP) is 3.11. The molecule has 2 aromatic rings. The molecule has 0 bridgehead atoms. The van der Waals surface area contributed by atoms with Crippen LogP contribution < -0.4 is 4.74 Å². The van der Waals surface area contributed by atoms with Crippen molar-refractivity contribution >= 4 is 18.0 Å². The fraction of sp³-hybridized carbons (Fsp3) is 0.111. The van der Waals surface area contributed by atoms with Crippen molar-refractivity contribution in [1.29, 1.82) is 0 Å². The highest BCUT2D eigenvalue weighted by Gasteiger charge is 2.04. The number of benzene rings is 2. The van der Waals surface area contributed by atoms with Crippen molar-refractivity contribution in [3.8, 4) is 5.75 Å². The molecule has 0 radical (unpaired) electrons. The Morgan fingerprint density at radius 1 is 0.957 bits per heavy atom. The summed E-state index contributed by atoms with van der Waals surface area (Å²) in [6.45, 7) is 0. The van der Waals surface area contributed by atoms with E-state index in [9.17, 15) is 0 Å². The maximum absolute atomic E-state index is 9.10. The highest BCUT2D eigenvalue weighted by molar-refractivity contribution is 6.27. The summed E-state index contributed by atoms with van der Waals surface area (Å²) < 4.78 is 5.12. The van der Waals surface area contributed by atoms with Gasteiger partial charge in [-0.2, -0.15) is 0 Å². The number of rotatable bonds is 4. The Morgan fingerprint density at radius 2 is 1.52 bits per heavy atom. The standard InChI is InChI=1S/C16H16O.C2H2O4/c1-17-16-12-10-15(11-13-16)9-5-8-14-6-3-2-4-7-14;3-1(4)2(5)6/h2-7,9-13H,8H2,1H3;(H,3,4)(H,5,6). The van der Waals surface area contributed by atoms with E-state index in [2.05, 4.69) is 48.6 Å². The van der Waals surface area contributed by atoms with Gasteiger partial charge in [0.2, 0.25) is 0 Å². The Hall–Kier alpha value is -3.08. The summed E-state index contributed by atoms with van der Waals surface area (Å²) in [5, 5.41) is 14.8. The largest absolute Gasteiger partial charge is 0.497 e. The van der Waals surface area contributed by atoms with Crippen molar-refractivity contribution in [2.45, 2.75) is 6.42 Å². The van der Waals surface area contributed by atoms with Gasteiger partial charge in [0.05, 0.1) is 7.11 Å². The summed E-state index contributed by atoms with van der Waals surface area (Å²) in [6, 6.07) is 18.5. The van der Waals surface area contributed by atoms with Crippen molar-refractivity contribution in [3.63, 3.8) is 0 Å². The molecule has 0 amide bonds. The van der Waals surface area contributed by atoms with Gasteiger partial charge in [0.15, 0.2) is 0 Å². The van der Waals surface area contributed by atoms with Crippen LogP contribution in [0.2, 0.25) is 0 Å². The Kier molecular flexibility index (Phi) is 7.64. The van der Waals surface area contributed by atoms with Crippen LogP contribution in [0.4, 0.5) is 0 Å². The summed E-state index contributed by atoms with van der Waals surface area (Å²) in [5.74, 6) is -2.75. The van der Waals surface area contributed by atoms with Crippen LogP contribution in [0, 0.1) is 0 Å². The van der Waals surface area contributed by atoms with E-state index < -0.39 is 11.9 Å². The summed E-state index contributed by atoms with van der Waals surface area (Å²) >= 11 is 0. The second-order valence-electron chi connectivity index (χ2n) is 4.48. The number of carboxylic acid groups (broad SMARTS) is 2. The van der Waals surface area contributed by atoms with Crippen LogP contribution in [0.5, 0.6) is 5.75 Å². The van der Waals surface area contributed by atoms with E-state index in [1.807, 2.05) is 18.2 Å². The van der Waals surface area contributed by atoms with Crippen LogP contribution in [0.1, 0.15) is 11.1 Å². The number of hydrogen-bond acceptors (Lipinski definition) is 3. The second kappa shape index (κ2) is 9.78. The highest BCUT2D eigenvalue weighted by Crippen LogP contribution is 2.12. The van der Waals surface area contributed by atoms with E-state index in [1.54, 1.807) is 7.11 Å². The third-order valence-corrected chi connectivity index (χ3v) is 2.81. The van der Waals surface area contributed by atoms with E-state index in [1.165, 1.54) is 11.1 Å². The normalized spacial score (nSPS) is 9.78. The van der Waals surface area contributed by atoms with Gasteiger partial charge < -0.3 is 14.9 Å². The quantitative estimate of drug-likeness (QED) is 0.847. The molecule has 0 aliphatic rings. The number of aliphatic carboxylic acids is 2. The first-order valence-electron chi connectivity index (χ1n) is 6.83. The Bertz CT molecular complexity index is 633. The molecule has 0 saturated heterocycles. The molecule has 0 aromatic heterocycles. The van der Waals surface area contributed by atoms with Gasteiger partial charge >= 0.3 is 11.9 Å². The lowest BCUT2D eigenvalue weighted by Gasteiger charge is -1.99. The molecule has 2 rings (SSSR count). The molecular formula is C18H18O5. The summed E-state index contributed by atoms with van der Waals surface area (Å²) in [4.78, 5) is 18.2. The number of methoxy groups -OCH3 is 1. The Balaban J connectivity index is 0.000000379. The molecule has 5 heteroatoms. The highest BCUT2D eigenvalue weighted by atomic mass is 16.5. The fourth-order valence-corrected chi connectivity index (χ4v) is 1.66. The molecule has 0 aliphatic carbocycles. The number of carbonyl (C=O) groups is 2. The minimum Gasteiger partial charge on any atom is -0.497 e. The Labute approximate surface area is 134 Å². The first-order valence-corrected chi connectivity index (χ1v) is 6.83. The van der Waals surface area contributed by atoms with Gasteiger partial charge in [-0.05, 0) is 29.7 Å². The molecule has 0 atom stereocenters. The smallest absolute Gasteiger partial charge is 0.414 e. The lowest BCUT2D eigenvalue weighted by atomic mass is 10.1. The van der Waals surface area contributed by atoms with E-state index >= 15 is 0 Å². The lowest BCUT2D eigenvalue weighted by Crippen LogP contribution is -2.09. The van der Waals surface area contributed by atoms with E-state index in [0.717, 1.165) is 12.2 Å². The van der Waals surface area contributed by atoms with Crippen LogP contribution in [0.15, 0.2) is 60.7 Å². The molecule has 2 N–H and O–H groups in total. The van der Waals surface area contributed by atoms with Crippen molar-refractivity contribution < 1.29 is 24.5 Å². The van der Waals surface area contributed by atoms with Gasteiger partial charge in [0.25, 0.3) is 0 Å².